The predicted molar refractivity (Wildman–Crippen MR) is 157 cm³/mol. The van der Waals surface area contributed by atoms with Crippen LogP contribution in [-0.4, -0.2) is 147 Å². The van der Waals surface area contributed by atoms with Crippen LogP contribution in [0.2, 0.25) is 0 Å². The van der Waals surface area contributed by atoms with Gasteiger partial charge < -0.3 is 74.0 Å². The summed E-state index contributed by atoms with van der Waals surface area (Å²) in [5.41, 5.74) is 1.05. The molecule has 12 atom stereocenters. The van der Waals surface area contributed by atoms with Gasteiger partial charge in [0.2, 0.25) is 6.29 Å². The highest BCUT2D eigenvalue weighted by Gasteiger charge is 2.49. The Bertz CT molecular complexity index is 1280. The third-order valence-corrected chi connectivity index (χ3v) is 8.28. The number of hydrogen-bond donors (Lipinski definition) is 8. The van der Waals surface area contributed by atoms with E-state index in [9.17, 15) is 50.4 Å². The largest absolute Gasteiger partial charge is 0.508 e. The lowest BCUT2D eigenvalue weighted by molar-refractivity contribution is -0.344. The monoisotopic (exact) mass is 686 g/mol. The second kappa shape index (κ2) is 17.0. The summed E-state index contributed by atoms with van der Waals surface area (Å²) in [4.78, 5) is 25.5. The Kier molecular flexibility index (Phi) is 13.3. The van der Waals surface area contributed by atoms with Gasteiger partial charge in [0.25, 0.3) is 0 Å². The molecular formula is C31H42O17. The van der Waals surface area contributed by atoms with Crippen LogP contribution in [0.3, 0.4) is 0 Å². The van der Waals surface area contributed by atoms with Crippen LogP contribution in [0.15, 0.2) is 47.7 Å². The summed E-state index contributed by atoms with van der Waals surface area (Å²) in [5, 5.41) is 80.9. The van der Waals surface area contributed by atoms with Crippen molar-refractivity contribution in [2.24, 2.45) is 5.92 Å². The fourth-order valence-electron chi connectivity index (χ4n) is 5.48. The standard InChI is InChI=1S/C31H42O17/c1-3-16-17(10-21(34)43-9-8-14-4-6-15(33)7-5-14)18(28(41)42-2)12-44-29(16)48-31-27(40)25(38)23(36)20(47-31)13-45-30-26(39)24(37)22(35)19(11-32)46-30/h3-7,12,17,19-20,22-27,29-33,35-40H,8-11,13H2,1-2H3/b16-3-/t17-,19+,20-,22+,23-,24-,25+,26+,27-,29-,30+,31+/m0/s1. The van der Waals surface area contributed by atoms with Crippen LogP contribution in [0.5, 0.6) is 5.75 Å². The normalized spacial score (nSPS) is 36.2. The van der Waals surface area contributed by atoms with Crippen LogP contribution in [0, 0.1) is 5.92 Å². The molecule has 0 aliphatic carbocycles. The molecule has 0 unspecified atom stereocenters. The highest BCUT2D eigenvalue weighted by molar-refractivity contribution is 5.90. The van der Waals surface area contributed by atoms with E-state index in [4.69, 9.17) is 33.2 Å². The average Bonchev–Trinajstić information content (AvgIpc) is 3.08. The first-order valence-corrected chi connectivity index (χ1v) is 15.2. The number of phenolic OH excluding ortho intramolecular Hbond substituents is 1. The van der Waals surface area contributed by atoms with Crippen molar-refractivity contribution < 1.29 is 83.6 Å². The van der Waals surface area contributed by atoms with Crippen molar-refractivity contribution in [3.63, 3.8) is 0 Å². The van der Waals surface area contributed by atoms with Crippen LogP contribution in [0.1, 0.15) is 18.9 Å². The minimum atomic E-state index is -1.83. The molecule has 268 valence electrons. The Hall–Kier alpha value is -3.20. The predicted octanol–water partition coefficient (Wildman–Crippen LogP) is -2.52. The lowest BCUT2D eigenvalue weighted by Crippen LogP contribution is -2.62. The summed E-state index contributed by atoms with van der Waals surface area (Å²) < 4.78 is 38.1. The van der Waals surface area contributed by atoms with Gasteiger partial charge in [-0.05, 0) is 24.6 Å². The molecule has 0 spiro atoms. The maximum Gasteiger partial charge on any atom is 0.337 e. The van der Waals surface area contributed by atoms with Crippen LogP contribution in [0.25, 0.3) is 0 Å². The zero-order valence-corrected chi connectivity index (χ0v) is 26.2. The van der Waals surface area contributed by atoms with Crippen LogP contribution < -0.4 is 0 Å². The van der Waals surface area contributed by atoms with Crippen molar-refractivity contribution in [1.82, 2.24) is 0 Å². The number of aliphatic hydroxyl groups excluding tert-OH is 7. The number of aromatic hydroxyl groups is 1. The molecule has 0 saturated carbocycles. The van der Waals surface area contributed by atoms with E-state index in [0.29, 0.717) is 6.42 Å². The summed E-state index contributed by atoms with van der Waals surface area (Å²) >= 11 is 0. The first-order valence-electron chi connectivity index (χ1n) is 15.2. The number of aliphatic hydroxyl groups is 7. The lowest BCUT2D eigenvalue weighted by Gasteiger charge is -2.43. The van der Waals surface area contributed by atoms with E-state index in [2.05, 4.69) is 0 Å². The Balaban J connectivity index is 1.42. The highest BCUT2D eigenvalue weighted by Crippen LogP contribution is 2.36. The SMILES string of the molecule is C/C=C1\[C@H](O[C@H]2O[C@@H](CO[C@@H]3O[C@H](CO)[C@@H](O)[C@H](O)[C@H]3O)[C@H](O)[C@@H](O)[C@@H]2O)OC=C(C(=O)OC)[C@H]1CC(=O)OCCc1ccc(O)cc1. The third-order valence-electron chi connectivity index (χ3n) is 8.28. The van der Waals surface area contributed by atoms with Crippen LogP contribution in [0.4, 0.5) is 0 Å². The third kappa shape index (κ3) is 8.68. The van der Waals surface area contributed by atoms with E-state index >= 15 is 0 Å². The number of phenols is 1. The van der Waals surface area contributed by atoms with Crippen molar-refractivity contribution >= 4 is 11.9 Å². The van der Waals surface area contributed by atoms with Gasteiger partial charge in [-0.1, -0.05) is 18.2 Å². The number of carbonyl (C=O) groups excluding carboxylic acids is 2. The molecule has 48 heavy (non-hydrogen) atoms. The van der Waals surface area contributed by atoms with Gasteiger partial charge >= 0.3 is 11.9 Å². The zero-order valence-electron chi connectivity index (χ0n) is 26.2. The summed E-state index contributed by atoms with van der Waals surface area (Å²) in [7, 11) is 1.15. The molecule has 0 amide bonds. The molecule has 2 saturated heterocycles. The van der Waals surface area contributed by atoms with Gasteiger partial charge in [0.05, 0.1) is 45.2 Å². The quantitative estimate of drug-likeness (QED) is 0.0834. The average molecular weight is 687 g/mol. The van der Waals surface area contributed by atoms with Crippen molar-refractivity contribution in [2.75, 3.05) is 26.9 Å². The molecular weight excluding hydrogens is 644 g/mol. The molecule has 4 rings (SSSR count). The molecule has 17 heteroatoms. The van der Waals surface area contributed by atoms with E-state index in [1.165, 1.54) is 18.2 Å². The van der Waals surface area contributed by atoms with Gasteiger partial charge in [0.15, 0.2) is 12.6 Å². The molecule has 2 fully saturated rings. The molecule has 1 aromatic carbocycles. The summed E-state index contributed by atoms with van der Waals surface area (Å²) in [6, 6.07) is 6.38. The Morgan fingerprint density at radius 2 is 1.50 bits per heavy atom. The number of ether oxygens (including phenoxy) is 7. The molecule has 0 bridgehead atoms. The van der Waals surface area contributed by atoms with Gasteiger partial charge in [-0.3, -0.25) is 4.79 Å². The van der Waals surface area contributed by atoms with Gasteiger partial charge in [0, 0.05) is 17.9 Å². The fourth-order valence-corrected chi connectivity index (χ4v) is 5.48. The Morgan fingerprint density at radius 1 is 0.875 bits per heavy atom. The van der Waals surface area contributed by atoms with E-state index in [-0.39, 0.29) is 29.9 Å². The zero-order chi connectivity index (χ0) is 35.1. The maximum atomic E-state index is 12.9. The maximum absolute atomic E-state index is 12.9. The van der Waals surface area contributed by atoms with Crippen molar-refractivity contribution in [3.05, 3.63) is 53.3 Å². The van der Waals surface area contributed by atoms with Gasteiger partial charge in [-0.2, -0.15) is 0 Å². The van der Waals surface area contributed by atoms with E-state index in [1.54, 1.807) is 19.1 Å². The number of esters is 2. The second-order valence-electron chi connectivity index (χ2n) is 11.4. The second-order valence-corrected chi connectivity index (χ2v) is 11.4. The first kappa shape index (κ1) is 37.6. The minimum Gasteiger partial charge on any atom is -0.508 e. The number of benzene rings is 1. The Labute approximate surface area is 275 Å². The number of allylic oxidation sites excluding steroid dienone is 1. The number of methoxy groups -OCH3 is 1. The molecule has 0 radical (unpaired) electrons. The molecule has 3 aliphatic rings. The van der Waals surface area contributed by atoms with Crippen molar-refractivity contribution in [1.29, 1.82) is 0 Å². The van der Waals surface area contributed by atoms with Gasteiger partial charge in [0.1, 0.15) is 54.6 Å². The molecule has 3 aliphatic heterocycles. The molecule has 8 N–H and O–H groups in total. The van der Waals surface area contributed by atoms with Crippen LogP contribution >= 0.6 is 0 Å². The Morgan fingerprint density at radius 3 is 2.12 bits per heavy atom. The summed E-state index contributed by atoms with van der Waals surface area (Å²) in [5.74, 6) is -2.30. The van der Waals surface area contributed by atoms with Gasteiger partial charge in [-0.25, -0.2) is 4.79 Å². The van der Waals surface area contributed by atoms with E-state index < -0.39 is 98.8 Å². The summed E-state index contributed by atoms with van der Waals surface area (Å²) in [6.07, 6.45) is -15.1. The van der Waals surface area contributed by atoms with Crippen molar-refractivity contribution in [3.8, 4) is 5.75 Å². The lowest BCUT2D eigenvalue weighted by atomic mass is 9.86. The van der Waals surface area contributed by atoms with E-state index in [0.717, 1.165) is 18.9 Å². The first-order chi connectivity index (χ1) is 22.9. The summed E-state index contributed by atoms with van der Waals surface area (Å²) in [6.45, 7) is 0.324. The van der Waals surface area contributed by atoms with Crippen LogP contribution in [-0.2, 0) is 49.2 Å². The number of hydrogen-bond acceptors (Lipinski definition) is 17. The van der Waals surface area contributed by atoms with Crippen molar-refractivity contribution in [2.45, 2.75) is 87.5 Å². The number of rotatable bonds is 12. The smallest absolute Gasteiger partial charge is 0.337 e. The molecule has 3 heterocycles. The van der Waals surface area contributed by atoms with Gasteiger partial charge in [-0.15, -0.1) is 0 Å². The van der Waals surface area contributed by atoms with E-state index in [1.807, 2.05) is 0 Å². The molecule has 17 nitrogen and oxygen atoms in total. The fraction of sp³-hybridized carbons (Fsp3) is 0.613. The topological polar surface area (TPSA) is 261 Å². The minimum absolute atomic E-state index is 0.0180. The highest BCUT2D eigenvalue weighted by atomic mass is 16.8. The number of carbonyl (C=O) groups is 2. The molecule has 0 aromatic heterocycles. The molecule has 1 aromatic rings.